The van der Waals surface area contributed by atoms with Crippen molar-refractivity contribution in [2.24, 2.45) is 11.8 Å². The largest absolute Gasteiger partial charge is 0.352 e. The third-order valence-electron chi connectivity index (χ3n) is 6.62. The van der Waals surface area contributed by atoms with Crippen LogP contribution in [0.2, 0.25) is 0 Å². The molecule has 0 saturated carbocycles. The van der Waals surface area contributed by atoms with E-state index in [1.54, 1.807) is 12.1 Å². The Morgan fingerprint density at radius 3 is 2.38 bits per heavy atom. The molecule has 1 aliphatic heterocycles. The molecule has 0 spiro atoms. The van der Waals surface area contributed by atoms with Gasteiger partial charge in [0.25, 0.3) is 5.91 Å². The lowest BCUT2D eigenvalue weighted by atomic mass is 9.84. The Balaban J connectivity index is 1.31. The van der Waals surface area contributed by atoms with Crippen LogP contribution >= 0.6 is 11.3 Å². The van der Waals surface area contributed by atoms with Crippen LogP contribution in [0.1, 0.15) is 46.3 Å². The average Bonchev–Trinajstić information content (AvgIpc) is 3.24. The summed E-state index contributed by atoms with van der Waals surface area (Å²) in [7, 11) is 0. The van der Waals surface area contributed by atoms with E-state index in [1.165, 1.54) is 29.0 Å². The van der Waals surface area contributed by atoms with Gasteiger partial charge in [-0.05, 0) is 62.4 Å². The Morgan fingerprint density at radius 2 is 1.74 bits per heavy atom. The van der Waals surface area contributed by atoms with Crippen LogP contribution in [0.25, 0.3) is 10.6 Å². The second kappa shape index (κ2) is 10.5. The Labute approximate surface area is 204 Å². The van der Waals surface area contributed by atoms with Crippen LogP contribution in [0.15, 0.2) is 48.5 Å². The summed E-state index contributed by atoms with van der Waals surface area (Å²) in [6.45, 7) is 7.65. The molecule has 34 heavy (non-hydrogen) atoms. The number of hydrogen-bond donors (Lipinski definition) is 1. The van der Waals surface area contributed by atoms with E-state index in [0.717, 1.165) is 29.0 Å². The van der Waals surface area contributed by atoms with Crippen LogP contribution in [0.4, 0.5) is 4.39 Å². The summed E-state index contributed by atoms with van der Waals surface area (Å²) in [6.07, 6.45) is 1.60. The predicted molar refractivity (Wildman–Crippen MR) is 133 cm³/mol. The Hall–Kier alpha value is -3.06. The van der Waals surface area contributed by atoms with Crippen molar-refractivity contribution >= 4 is 23.2 Å². The van der Waals surface area contributed by atoms with Crippen molar-refractivity contribution in [1.29, 1.82) is 0 Å². The first-order valence-corrected chi connectivity index (χ1v) is 12.5. The molecule has 2 heterocycles. The number of hydrogen-bond acceptors (Lipinski definition) is 4. The lowest BCUT2D eigenvalue weighted by molar-refractivity contribution is -0.126. The first-order valence-electron chi connectivity index (χ1n) is 11.7. The smallest absolute Gasteiger partial charge is 0.265 e. The second-order valence-electron chi connectivity index (χ2n) is 9.06. The zero-order chi connectivity index (χ0) is 24.2. The predicted octanol–water partition coefficient (Wildman–Crippen LogP) is 5.37. The van der Waals surface area contributed by atoms with E-state index in [0.29, 0.717) is 30.2 Å². The van der Waals surface area contributed by atoms with Gasteiger partial charge in [0.15, 0.2) is 0 Å². The number of amides is 2. The van der Waals surface area contributed by atoms with Gasteiger partial charge in [-0.2, -0.15) is 0 Å². The van der Waals surface area contributed by atoms with Crippen molar-refractivity contribution in [3.05, 3.63) is 76.0 Å². The fraction of sp³-hybridized carbons (Fsp3) is 0.370. The molecule has 0 radical (unpaired) electrons. The highest BCUT2D eigenvalue weighted by molar-refractivity contribution is 7.17. The molecule has 2 aromatic carbocycles. The quantitative estimate of drug-likeness (QED) is 0.517. The minimum absolute atomic E-state index is 0.0155. The van der Waals surface area contributed by atoms with Crippen LogP contribution in [-0.2, 0) is 11.3 Å². The lowest BCUT2D eigenvalue weighted by Crippen LogP contribution is -2.42. The number of nitrogens with one attached hydrogen (secondary N) is 1. The molecule has 4 rings (SSSR count). The highest BCUT2D eigenvalue weighted by Crippen LogP contribution is 2.31. The summed E-state index contributed by atoms with van der Waals surface area (Å²) in [5, 5.41) is 3.77. The van der Waals surface area contributed by atoms with Crippen LogP contribution in [-0.4, -0.2) is 34.8 Å². The fourth-order valence-corrected chi connectivity index (χ4v) is 5.37. The summed E-state index contributed by atoms with van der Waals surface area (Å²) >= 11 is 1.35. The first-order chi connectivity index (χ1) is 16.3. The number of carbonyl (C=O) groups excluding carboxylic acids is 2. The molecule has 0 aliphatic carbocycles. The van der Waals surface area contributed by atoms with Crippen LogP contribution in [0.5, 0.6) is 0 Å². The van der Waals surface area contributed by atoms with Crippen LogP contribution in [0, 0.1) is 31.5 Å². The number of aromatic nitrogens is 1. The van der Waals surface area contributed by atoms with E-state index in [-0.39, 0.29) is 29.5 Å². The average molecular weight is 480 g/mol. The van der Waals surface area contributed by atoms with Crippen molar-refractivity contribution in [3.8, 4) is 10.6 Å². The van der Waals surface area contributed by atoms with E-state index < -0.39 is 0 Å². The van der Waals surface area contributed by atoms with Gasteiger partial charge in [0, 0.05) is 31.1 Å². The van der Waals surface area contributed by atoms with Gasteiger partial charge in [0.05, 0.1) is 5.69 Å². The molecule has 1 aliphatic rings. The third kappa shape index (κ3) is 5.53. The Morgan fingerprint density at radius 1 is 1.09 bits per heavy atom. The molecule has 7 heteroatoms. The van der Waals surface area contributed by atoms with Gasteiger partial charge < -0.3 is 10.2 Å². The SMILES string of the molecule is Cc1ccc(CNC(=O)[C@H](C)C2CCN(C(=O)c3sc(-c4ccc(F)cc4)nc3C)CC2)cc1. The number of aryl methyl sites for hydroxylation is 2. The van der Waals surface area contributed by atoms with Crippen molar-refractivity contribution in [1.82, 2.24) is 15.2 Å². The van der Waals surface area contributed by atoms with Crippen LogP contribution < -0.4 is 5.32 Å². The van der Waals surface area contributed by atoms with Crippen molar-refractivity contribution < 1.29 is 14.0 Å². The van der Waals surface area contributed by atoms with E-state index >= 15 is 0 Å². The third-order valence-corrected chi connectivity index (χ3v) is 7.81. The van der Waals surface area contributed by atoms with Crippen molar-refractivity contribution in [2.75, 3.05) is 13.1 Å². The molecule has 3 aromatic rings. The van der Waals surface area contributed by atoms with Gasteiger partial charge in [-0.3, -0.25) is 9.59 Å². The highest BCUT2D eigenvalue weighted by Gasteiger charge is 2.31. The minimum atomic E-state index is -0.297. The van der Waals surface area contributed by atoms with Crippen molar-refractivity contribution in [3.63, 3.8) is 0 Å². The summed E-state index contributed by atoms with van der Waals surface area (Å²) < 4.78 is 13.2. The number of carbonyl (C=O) groups is 2. The monoisotopic (exact) mass is 479 g/mol. The molecular weight excluding hydrogens is 449 g/mol. The van der Waals surface area contributed by atoms with Gasteiger partial charge >= 0.3 is 0 Å². The molecule has 1 N–H and O–H groups in total. The standard InChI is InChI=1S/C27H30FN3O2S/c1-17-4-6-20(7-5-17)16-29-25(32)18(2)21-12-14-31(15-13-21)27(33)24-19(3)30-26(34-24)22-8-10-23(28)11-9-22/h4-11,18,21H,12-16H2,1-3H3,(H,29,32)/t18-/m1/s1. The number of nitrogens with zero attached hydrogens (tertiary/aromatic N) is 2. The summed E-state index contributed by atoms with van der Waals surface area (Å²) in [5.74, 6) is -0.0996. The minimum Gasteiger partial charge on any atom is -0.352 e. The van der Waals surface area contributed by atoms with E-state index in [9.17, 15) is 14.0 Å². The molecule has 1 fully saturated rings. The molecule has 1 aromatic heterocycles. The normalized spacial score (nSPS) is 15.2. The molecule has 5 nitrogen and oxygen atoms in total. The number of piperidine rings is 1. The first kappa shape index (κ1) is 24.1. The maximum Gasteiger partial charge on any atom is 0.265 e. The number of thiazole rings is 1. The van der Waals surface area contributed by atoms with Crippen LogP contribution in [0.3, 0.4) is 0 Å². The van der Waals surface area contributed by atoms with E-state index in [4.69, 9.17) is 0 Å². The summed E-state index contributed by atoms with van der Waals surface area (Å²) in [4.78, 5) is 32.9. The van der Waals surface area contributed by atoms with Gasteiger partial charge in [-0.15, -0.1) is 11.3 Å². The molecular formula is C27H30FN3O2S. The van der Waals surface area contributed by atoms with E-state index in [2.05, 4.69) is 10.3 Å². The zero-order valence-corrected chi connectivity index (χ0v) is 20.6. The Kier molecular flexibility index (Phi) is 7.41. The molecule has 0 bridgehead atoms. The zero-order valence-electron chi connectivity index (χ0n) is 19.8. The number of rotatable bonds is 6. The summed E-state index contributed by atoms with van der Waals surface area (Å²) in [5.41, 5.74) is 3.79. The molecule has 1 saturated heterocycles. The summed E-state index contributed by atoms with van der Waals surface area (Å²) in [6, 6.07) is 14.3. The molecule has 178 valence electrons. The maximum absolute atomic E-state index is 13.2. The fourth-order valence-electron chi connectivity index (χ4n) is 4.33. The van der Waals surface area contributed by atoms with Gasteiger partial charge in [-0.25, -0.2) is 9.37 Å². The molecule has 2 amide bonds. The van der Waals surface area contributed by atoms with Gasteiger partial charge in [-0.1, -0.05) is 36.8 Å². The van der Waals surface area contributed by atoms with Gasteiger partial charge in [0.2, 0.25) is 5.91 Å². The molecule has 1 atom stereocenters. The second-order valence-corrected chi connectivity index (χ2v) is 10.1. The number of likely N-dealkylation sites (tertiary alicyclic amines) is 1. The van der Waals surface area contributed by atoms with Gasteiger partial charge in [0.1, 0.15) is 15.7 Å². The lowest BCUT2D eigenvalue weighted by Gasteiger charge is -2.34. The maximum atomic E-state index is 13.2. The highest BCUT2D eigenvalue weighted by atomic mass is 32.1. The van der Waals surface area contributed by atoms with E-state index in [1.807, 2.05) is 49.9 Å². The number of benzene rings is 2. The van der Waals surface area contributed by atoms with Crippen molar-refractivity contribution in [2.45, 2.75) is 40.2 Å². The number of halogens is 1. The molecule has 0 unspecified atom stereocenters. The topological polar surface area (TPSA) is 62.3 Å². The Bertz CT molecular complexity index is 1150.